The highest BCUT2D eigenvalue weighted by atomic mass is 16.1. The maximum atomic E-state index is 11.4. The van der Waals surface area contributed by atoms with Crippen molar-refractivity contribution in [2.24, 2.45) is 7.05 Å². The van der Waals surface area contributed by atoms with Crippen LogP contribution >= 0.6 is 0 Å². The van der Waals surface area contributed by atoms with Gasteiger partial charge in [0.15, 0.2) is 0 Å². The summed E-state index contributed by atoms with van der Waals surface area (Å²) in [4.78, 5) is 11.4. The molecule has 1 unspecified atom stereocenters. The predicted molar refractivity (Wildman–Crippen MR) is 88.9 cm³/mol. The lowest BCUT2D eigenvalue weighted by Crippen LogP contribution is -2.16. The minimum atomic E-state index is 0.00253. The maximum absolute atomic E-state index is 11.4. The lowest BCUT2D eigenvalue weighted by Gasteiger charge is -2.21. The molecule has 1 aromatic heterocycles. The van der Waals surface area contributed by atoms with Gasteiger partial charge in [0.25, 0.3) is 0 Å². The van der Waals surface area contributed by atoms with Gasteiger partial charge in [-0.2, -0.15) is 0 Å². The molecule has 21 heavy (non-hydrogen) atoms. The molecule has 1 heterocycles. The second-order valence-corrected chi connectivity index (χ2v) is 6.60. The highest BCUT2D eigenvalue weighted by Crippen LogP contribution is 2.25. The summed E-state index contributed by atoms with van der Waals surface area (Å²) in [6.45, 7) is 8.77. The van der Waals surface area contributed by atoms with Gasteiger partial charge in [0.2, 0.25) is 5.56 Å². The second-order valence-electron chi connectivity index (χ2n) is 6.60. The van der Waals surface area contributed by atoms with Crippen LogP contribution in [-0.4, -0.2) is 4.57 Å². The molecule has 3 heteroatoms. The van der Waals surface area contributed by atoms with E-state index >= 15 is 0 Å². The monoisotopic (exact) mass is 284 g/mol. The van der Waals surface area contributed by atoms with Gasteiger partial charge >= 0.3 is 0 Å². The molecule has 0 spiro atoms. The molecule has 0 bridgehead atoms. The van der Waals surface area contributed by atoms with Gasteiger partial charge < -0.3 is 9.88 Å². The first-order valence-corrected chi connectivity index (χ1v) is 7.31. The molecule has 0 aliphatic carbocycles. The van der Waals surface area contributed by atoms with E-state index in [2.05, 4.69) is 57.3 Å². The number of nitrogens with zero attached hydrogens (tertiary/aromatic N) is 1. The first kappa shape index (κ1) is 15.4. The average molecular weight is 284 g/mol. The molecule has 0 amide bonds. The highest BCUT2D eigenvalue weighted by molar-refractivity contribution is 5.43. The third-order valence-corrected chi connectivity index (χ3v) is 3.75. The summed E-state index contributed by atoms with van der Waals surface area (Å²) in [5.74, 6) is 0. The Morgan fingerprint density at radius 2 is 1.67 bits per heavy atom. The van der Waals surface area contributed by atoms with Gasteiger partial charge in [-0.1, -0.05) is 45.0 Å². The van der Waals surface area contributed by atoms with Crippen LogP contribution in [0, 0.1) is 0 Å². The molecule has 2 aromatic rings. The molecule has 1 aromatic carbocycles. The fraction of sp³-hybridized carbons (Fsp3) is 0.389. The molecule has 1 N–H and O–H groups in total. The van der Waals surface area contributed by atoms with Crippen LogP contribution in [0.3, 0.4) is 0 Å². The number of hydrogen-bond donors (Lipinski definition) is 1. The van der Waals surface area contributed by atoms with Gasteiger partial charge in [-0.15, -0.1) is 0 Å². The van der Waals surface area contributed by atoms with Crippen molar-refractivity contribution in [3.8, 4) is 0 Å². The molecular formula is C18H24N2O. The lowest BCUT2D eigenvalue weighted by molar-refractivity contribution is 0.589. The molecule has 1 atom stereocenters. The van der Waals surface area contributed by atoms with E-state index in [4.69, 9.17) is 0 Å². The normalized spacial score (nSPS) is 13.0. The van der Waals surface area contributed by atoms with E-state index in [1.165, 1.54) is 11.1 Å². The Balaban J connectivity index is 2.14. The zero-order valence-corrected chi connectivity index (χ0v) is 13.5. The van der Waals surface area contributed by atoms with Gasteiger partial charge in [-0.05, 0) is 29.5 Å². The third kappa shape index (κ3) is 3.75. The topological polar surface area (TPSA) is 34.0 Å². The summed E-state index contributed by atoms with van der Waals surface area (Å²) in [6.07, 6.45) is 1.82. The number of pyridine rings is 1. The van der Waals surface area contributed by atoms with E-state index in [0.717, 1.165) is 5.69 Å². The summed E-state index contributed by atoms with van der Waals surface area (Å²) in [7, 11) is 1.76. The third-order valence-electron chi connectivity index (χ3n) is 3.75. The van der Waals surface area contributed by atoms with E-state index in [9.17, 15) is 4.79 Å². The smallest absolute Gasteiger partial charge is 0.250 e. The zero-order chi connectivity index (χ0) is 15.6. The summed E-state index contributed by atoms with van der Waals surface area (Å²) in [5, 5.41) is 3.42. The Bertz CT molecular complexity index is 663. The minimum Gasteiger partial charge on any atom is -0.377 e. The van der Waals surface area contributed by atoms with Crippen LogP contribution in [0.25, 0.3) is 0 Å². The van der Waals surface area contributed by atoms with Gasteiger partial charge in [0, 0.05) is 25.4 Å². The maximum Gasteiger partial charge on any atom is 0.250 e. The quantitative estimate of drug-likeness (QED) is 0.928. The molecule has 0 saturated carbocycles. The SMILES string of the molecule is CC(Nc1ccc(=O)n(C)c1)c1ccc(C(C)(C)C)cc1. The first-order valence-electron chi connectivity index (χ1n) is 7.31. The van der Waals surface area contributed by atoms with Gasteiger partial charge in [0.05, 0.1) is 5.69 Å². The summed E-state index contributed by atoms with van der Waals surface area (Å²) < 4.78 is 1.58. The molecular weight excluding hydrogens is 260 g/mol. The van der Waals surface area contributed by atoms with E-state index in [-0.39, 0.29) is 17.0 Å². The molecule has 0 aliphatic heterocycles. The molecule has 0 radical (unpaired) electrons. The van der Waals surface area contributed by atoms with Crippen molar-refractivity contribution in [2.45, 2.75) is 39.2 Å². The predicted octanol–water partition coefficient (Wildman–Crippen LogP) is 3.86. The van der Waals surface area contributed by atoms with Crippen molar-refractivity contribution in [2.75, 3.05) is 5.32 Å². The number of aromatic nitrogens is 1. The lowest BCUT2D eigenvalue weighted by atomic mass is 9.86. The Morgan fingerprint density at radius 1 is 1.05 bits per heavy atom. The van der Waals surface area contributed by atoms with E-state index in [0.29, 0.717) is 0 Å². The fourth-order valence-electron chi connectivity index (χ4n) is 2.28. The van der Waals surface area contributed by atoms with Crippen molar-refractivity contribution in [1.29, 1.82) is 0 Å². The zero-order valence-electron chi connectivity index (χ0n) is 13.5. The van der Waals surface area contributed by atoms with Crippen LogP contribution in [-0.2, 0) is 12.5 Å². The minimum absolute atomic E-state index is 0.00253. The summed E-state index contributed by atoms with van der Waals surface area (Å²) in [5.41, 5.74) is 3.69. The first-order chi connectivity index (χ1) is 9.77. The van der Waals surface area contributed by atoms with Crippen molar-refractivity contribution >= 4 is 5.69 Å². The van der Waals surface area contributed by atoms with Crippen molar-refractivity contribution in [3.63, 3.8) is 0 Å². The largest absolute Gasteiger partial charge is 0.377 e. The van der Waals surface area contributed by atoms with Crippen LogP contribution in [0.4, 0.5) is 5.69 Å². The average Bonchev–Trinajstić information content (AvgIpc) is 2.42. The second kappa shape index (κ2) is 5.76. The fourth-order valence-corrected chi connectivity index (χ4v) is 2.28. The number of aryl methyl sites for hydroxylation is 1. The van der Waals surface area contributed by atoms with Gasteiger partial charge in [0.1, 0.15) is 0 Å². The van der Waals surface area contributed by atoms with Crippen LogP contribution in [0.15, 0.2) is 47.4 Å². The van der Waals surface area contributed by atoms with Crippen molar-refractivity contribution in [3.05, 3.63) is 64.1 Å². The Hall–Kier alpha value is -2.03. The summed E-state index contributed by atoms with van der Waals surface area (Å²) >= 11 is 0. The van der Waals surface area contributed by atoms with E-state index in [1.807, 2.05) is 12.3 Å². The Kier molecular flexibility index (Phi) is 4.21. The number of benzene rings is 1. The van der Waals surface area contributed by atoms with E-state index < -0.39 is 0 Å². The number of nitrogens with one attached hydrogen (secondary N) is 1. The molecule has 0 saturated heterocycles. The van der Waals surface area contributed by atoms with Crippen molar-refractivity contribution < 1.29 is 0 Å². The van der Waals surface area contributed by atoms with Gasteiger partial charge in [-0.25, -0.2) is 0 Å². The molecule has 3 nitrogen and oxygen atoms in total. The van der Waals surface area contributed by atoms with Crippen LogP contribution < -0.4 is 10.9 Å². The summed E-state index contributed by atoms with van der Waals surface area (Å²) in [6, 6.07) is 12.3. The number of rotatable bonds is 3. The number of hydrogen-bond acceptors (Lipinski definition) is 2. The standard InChI is InChI=1S/C18H24N2O/c1-13(19-16-10-11-17(21)20(5)12-16)14-6-8-15(9-7-14)18(2,3)4/h6-13,19H,1-5H3. The van der Waals surface area contributed by atoms with Gasteiger partial charge in [-0.3, -0.25) is 4.79 Å². The highest BCUT2D eigenvalue weighted by Gasteiger charge is 2.14. The Morgan fingerprint density at radius 3 is 2.19 bits per heavy atom. The van der Waals surface area contributed by atoms with Crippen LogP contribution in [0.2, 0.25) is 0 Å². The van der Waals surface area contributed by atoms with Crippen LogP contribution in [0.1, 0.15) is 44.9 Å². The molecule has 0 fully saturated rings. The molecule has 0 aliphatic rings. The Labute approximate surface area is 126 Å². The van der Waals surface area contributed by atoms with E-state index in [1.54, 1.807) is 17.7 Å². The molecule has 2 rings (SSSR count). The molecule has 112 valence electrons. The van der Waals surface area contributed by atoms with Crippen molar-refractivity contribution in [1.82, 2.24) is 4.57 Å². The number of anilines is 1. The van der Waals surface area contributed by atoms with Crippen LogP contribution in [0.5, 0.6) is 0 Å².